The Morgan fingerprint density at radius 3 is 2.09 bits per heavy atom. The van der Waals surface area contributed by atoms with E-state index in [1.807, 2.05) is 0 Å². The molecule has 0 unspecified atom stereocenters. The van der Waals surface area contributed by atoms with Gasteiger partial charge in [-0.05, 0) is 25.1 Å². The van der Waals surface area contributed by atoms with Crippen molar-refractivity contribution in [1.82, 2.24) is 5.32 Å². The lowest BCUT2D eigenvalue weighted by Crippen LogP contribution is -2.34. The van der Waals surface area contributed by atoms with Crippen molar-refractivity contribution in [2.45, 2.75) is 11.8 Å². The number of sulfonamides is 1. The molecule has 0 saturated carbocycles. The lowest BCUT2D eigenvalue weighted by Gasteiger charge is -2.15. The first kappa shape index (κ1) is 25.6. The van der Waals surface area contributed by atoms with E-state index in [1.54, 1.807) is 11.6 Å². The minimum Gasteiger partial charge on any atom is -0.495 e. The average Bonchev–Trinajstić information content (AvgIpc) is 2.75. The average molecular weight is 497 g/mol. The van der Waals surface area contributed by atoms with Crippen LogP contribution < -0.4 is 20.1 Å². The van der Waals surface area contributed by atoms with Gasteiger partial charge in [0.25, 0.3) is 10.0 Å². The molecule has 2 aromatic carbocycles. The Morgan fingerprint density at radius 2 is 1.55 bits per heavy atom. The number of amides is 2. The van der Waals surface area contributed by atoms with Crippen molar-refractivity contribution < 1.29 is 49.4 Å². The number of ether oxygens (including phenoxy) is 2. The third-order valence-corrected chi connectivity index (χ3v) is 5.24. The SMILES string of the molecule is CCOC(=O)CNC(=O)Nc1cc(NS(=O)(=O)c2c(F)c(F)c(F)c(F)c2F)ccc1OC. The van der Waals surface area contributed by atoms with Crippen LogP contribution in [-0.2, 0) is 19.6 Å². The summed E-state index contributed by atoms with van der Waals surface area (Å²) in [7, 11) is -4.10. The molecule has 3 N–H and O–H groups in total. The summed E-state index contributed by atoms with van der Waals surface area (Å²) < 4.78 is 104. The van der Waals surface area contributed by atoms with E-state index in [-0.39, 0.29) is 18.0 Å². The summed E-state index contributed by atoms with van der Waals surface area (Å²) in [5.74, 6) is -13.2. The molecule has 0 aliphatic carbocycles. The van der Waals surface area contributed by atoms with Gasteiger partial charge in [-0.2, -0.15) is 0 Å². The van der Waals surface area contributed by atoms with Gasteiger partial charge in [0.1, 0.15) is 12.3 Å². The monoisotopic (exact) mass is 497 g/mol. The Hall–Kier alpha value is -3.62. The maximum absolute atomic E-state index is 13.9. The van der Waals surface area contributed by atoms with Crippen molar-refractivity contribution in [3.05, 3.63) is 47.3 Å². The first-order valence-corrected chi connectivity index (χ1v) is 10.3. The summed E-state index contributed by atoms with van der Waals surface area (Å²) >= 11 is 0. The first-order chi connectivity index (χ1) is 15.4. The standard InChI is InChI=1S/C18H16F5N3O6S/c1-3-32-11(27)7-24-18(28)25-9-6-8(4-5-10(9)31-2)26-33(29,30)17-15(22)13(20)12(19)14(21)16(17)23/h4-6,26H,3,7H2,1-2H3,(H2,24,25,28). The van der Waals surface area contributed by atoms with Crippen LogP contribution in [0.1, 0.15) is 6.92 Å². The third kappa shape index (κ3) is 5.79. The highest BCUT2D eigenvalue weighted by atomic mass is 32.2. The number of carbonyl (C=O) groups excluding carboxylic acids is 2. The number of halogens is 5. The molecule has 33 heavy (non-hydrogen) atoms. The highest BCUT2D eigenvalue weighted by Gasteiger charge is 2.33. The van der Waals surface area contributed by atoms with Gasteiger partial charge in [0, 0.05) is 0 Å². The van der Waals surface area contributed by atoms with Crippen molar-refractivity contribution in [3.63, 3.8) is 0 Å². The zero-order valence-corrected chi connectivity index (χ0v) is 17.7. The Balaban J connectivity index is 2.32. The van der Waals surface area contributed by atoms with Crippen molar-refractivity contribution in [1.29, 1.82) is 0 Å². The smallest absolute Gasteiger partial charge is 0.325 e. The number of carbonyl (C=O) groups is 2. The fraction of sp³-hybridized carbons (Fsp3) is 0.222. The Kier molecular flexibility index (Phi) is 8.03. The van der Waals surface area contributed by atoms with Crippen LogP contribution in [0.3, 0.4) is 0 Å². The molecular weight excluding hydrogens is 481 g/mol. The number of benzene rings is 2. The second kappa shape index (κ2) is 10.3. The molecule has 0 heterocycles. The largest absolute Gasteiger partial charge is 0.495 e. The summed E-state index contributed by atoms with van der Waals surface area (Å²) in [4.78, 5) is 21.2. The van der Waals surface area contributed by atoms with Gasteiger partial charge < -0.3 is 20.1 Å². The highest BCUT2D eigenvalue weighted by molar-refractivity contribution is 7.92. The molecular formula is C18H16F5N3O6S. The number of hydrogen-bond donors (Lipinski definition) is 3. The number of methoxy groups -OCH3 is 1. The molecule has 0 radical (unpaired) electrons. The van der Waals surface area contributed by atoms with E-state index >= 15 is 0 Å². The molecule has 2 rings (SSSR count). The van der Waals surface area contributed by atoms with Gasteiger partial charge in [0.2, 0.25) is 5.82 Å². The molecule has 15 heteroatoms. The molecule has 0 spiro atoms. The van der Waals surface area contributed by atoms with Crippen LogP contribution in [0.4, 0.5) is 38.1 Å². The molecule has 0 atom stereocenters. The van der Waals surface area contributed by atoms with E-state index in [4.69, 9.17) is 4.74 Å². The molecule has 0 saturated heterocycles. The second-order valence-corrected chi connectivity index (χ2v) is 7.65. The van der Waals surface area contributed by atoms with Crippen LogP contribution >= 0.6 is 0 Å². The van der Waals surface area contributed by atoms with Gasteiger partial charge >= 0.3 is 12.0 Å². The molecule has 0 aliphatic rings. The summed E-state index contributed by atoms with van der Waals surface area (Å²) in [6, 6.07) is 2.18. The number of hydrogen-bond acceptors (Lipinski definition) is 6. The number of nitrogens with one attached hydrogen (secondary N) is 3. The van der Waals surface area contributed by atoms with Gasteiger partial charge in [-0.15, -0.1) is 0 Å². The Bertz CT molecular complexity index is 1160. The van der Waals surface area contributed by atoms with Crippen molar-refractivity contribution in [3.8, 4) is 5.75 Å². The Labute approximate surface area is 183 Å². The second-order valence-electron chi connectivity index (χ2n) is 6.03. The van der Waals surface area contributed by atoms with Gasteiger partial charge in [0.05, 0.1) is 25.1 Å². The number of anilines is 2. The van der Waals surface area contributed by atoms with Gasteiger partial charge in [-0.3, -0.25) is 9.52 Å². The maximum atomic E-state index is 13.9. The van der Waals surface area contributed by atoms with E-state index < -0.39 is 68.2 Å². The molecule has 180 valence electrons. The van der Waals surface area contributed by atoms with Crippen LogP contribution in [0.15, 0.2) is 23.1 Å². The summed E-state index contributed by atoms with van der Waals surface area (Å²) in [6.07, 6.45) is 0. The predicted molar refractivity (Wildman–Crippen MR) is 104 cm³/mol. The molecule has 0 fully saturated rings. The van der Waals surface area contributed by atoms with Gasteiger partial charge in [0.15, 0.2) is 28.2 Å². The lowest BCUT2D eigenvalue weighted by atomic mass is 10.2. The zero-order valence-electron chi connectivity index (χ0n) is 16.9. The summed E-state index contributed by atoms with van der Waals surface area (Å²) in [6.45, 7) is 1.15. The van der Waals surface area contributed by atoms with E-state index in [0.29, 0.717) is 0 Å². The van der Waals surface area contributed by atoms with Crippen LogP contribution in [0.5, 0.6) is 5.75 Å². The minimum atomic E-state index is -5.31. The van der Waals surface area contributed by atoms with Crippen LogP contribution in [0.2, 0.25) is 0 Å². The summed E-state index contributed by atoms with van der Waals surface area (Å²) in [5.41, 5.74) is -0.600. The minimum absolute atomic E-state index is 0.000430. The highest BCUT2D eigenvalue weighted by Crippen LogP contribution is 2.31. The predicted octanol–water partition coefficient (Wildman–Crippen LogP) is 2.88. The number of urea groups is 1. The van der Waals surface area contributed by atoms with Crippen LogP contribution in [0, 0.1) is 29.1 Å². The van der Waals surface area contributed by atoms with E-state index in [0.717, 1.165) is 18.2 Å². The maximum Gasteiger partial charge on any atom is 0.325 e. The van der Waals surface area contributed by atoms with Crippen molar-refractivity contribution in [2.75, 3.05) is 30.3 Å². The van der Waals surface area contributed by atoms with E-state index in [2.05, 4.69) is 15.4 Å². The number of rotatable bonds is 8. The molecule has 2 aromatic rings. The van der Waals surface area contributed by atoms with Gasteiger partial charge in [-0.25, -0.2) is 35.2 Å². The number of esters is 1. The fourth-order valence-electron chi connectivity index (χ4n) is 2.43. The van der Waals surface area contributed by atoms with Crippen LogP contribution in [0.25, 0.3) is 0 Å². The van der Waals surface area contributed by atoms with Crippen LogP contribution in [-0.4, -0.2) is 40.7 Å². The zero-order chi connectivity index (χ0) is 24.9. The summed E-state index contributed by atoms with van der Waals surface area (Å²) in [5, 5.41) is 4.39. The van der Waals surface area contributed by atoms with E-state index in [9.17, 15) is 40.0 Å². The molecule has 2 amide bonds. The quantitative estimate of drug-likeness (QED) is 0.223. The van der Waals surface area contributed by atoms with E-state index in [1.165, 1.54) is 7.11 Å². The van der Waals surface area contributed by atoms with Crippen molar-refractivity contribution >= 4 is 33.4 Å². The van der Waals surface area contributed by atoms with Crippen molar-refractivity contribution in [2.24, 2.45) is 0 Å². The normalized spacial score (nSPS) is 11.0. The third-order valence-electron chi connectivity index (χ3n) is 3.84. The Morgan fingerprint density at radius 1 is 0.970 bits per heavy atom. The van der Waals surface area contributed by atoms with Gasteiger partial charge in [-0.1, -0.05) is 0 Å². The molecule has 0 bridgehead atoms. The molecule has 9 nitrogen and oxygen atoms in total. The molecule has 0 aromatic heterocycles. The lowest BCUT2D eigenvalue weighted by molar-refractivity contribution is -0.141. The topological polar surface area (TPSA) is 123 Å². The molecule has 0 aliphatic heterocycles. The first-order valence-electron chi connectivity index (χ1n) is 8.85. The fourth-order valence-corrected chi connectivity index (χ4v) is 3.62.